The van der Waals surface area contributed by atoms with Crippen LogP contribution in [0.5, 0.6) is 0 Å². The van der Waals surface area contributed by atoms with E-state index in [1.807, 2.05) is 26.0 Å². The minimum absolute atomic E-state index is 0.00663. The maximum Gasteiger partial charge on any atom is 0.329 e. The number of hydrogen-bond donors (Lipinski definition) is 2. The lowest BCUT2D eigenvalue weighted by Gasteiger charge is -2.34. The molecule has 4 atom stereocenters. The van der Waals surface area contributed by atoms with Crippen LogP contribution in [0.25, 0.3) is 0 Å². The number of rotatable bonds is 7. The first kappa shape index (κ1) is 25.9. The number of ether oxygens (including phenoxy) is 1. The van der Waals surface area contributed by atoms with Crippen LogP contribution in [0, 0.1) is 17.8 Å². The summed E-state index contributed by atoms with van der Waals surface area (Å²) in [6.45, 7) is 14.0. The highest BCUT2D eigenvalue weighted by Gasteiger charge is 2.30. The maximum absolute atomic E-state index is 12.7. The summed E-state index contributed by atoms with van der Waals surface area (Å²) in [4.78, 5) is 37.7. The van der Waals surface area contributed by atoms with Crippen LogP contribution in [0.1, 0.15) is 83.7 Å². The molecule has 0 heterocycles. The molecular formula is C26H40N2O4. The molecule has 1 aliphatic carbocycles. The van der Waals surface area contributed by atoms with E-state index in [4.69, 9.17) is 4.74 Å². The third-order valence-corrected chi connectivity index (χ3v) is 6.62. The van der Waals surface area contributed by atoms with Crippen LogP contribution >= 0.6 is 0 Å². The topological polar surface area (TPSA) is 84.5 Å². The zero-order chi connectivity index (χ0) is 24.1. The number of hydrogen-bond acceptors (Lipinski definition) is 4. The quantitative estimate of drug-likeness (QED) is 0.617. The van der Waals surface area contributed by atoms with E-state index in [0.717, 1.165) is 18.4 Å². The van der Waals surface area contributed by atoms with Crippen LogP contribution in [0.3, 0.4) is 0 Å². The molecule has 6 nitrogen and oxygen atoms in total. The van der Waals surface area contributed by atoms with Crippen LogP contribution < -0.4 is 10.6 Å². The van der Waals surface area contributed by atoms with Crippen molar-refractivity contribution in [2.75, 3.05) is 6.61 Å². The first-order chi connectivity index (χ1) is 14.9. The van der Waals surface area contributed by atoms with Gasteiger partial charge in [-0.25, -0.2) is 4.79 Å². The Labute approximate surface area is 192 Å². The third kappa shape index (κ3) is 7.07. The van der Waals surface area contributed by atoms with Crippen molar-refractivity contribution in [1.29, 1.82) is 0 Å². The Morgan fingerprint density at radius 1 is 1.06 bits per heavy atom. The zero-order valence-corrected chi connectivity index (χ0v) is 20.7. The van der Waals surface area contributed by atoms with Crippen molar-refractivity contribution in [3.05, 3.63) is 35.4 Å². The molecule has 2 N–H and O–H groups in total. The molecule has 0 bridgehead atoms. The van der Waals surface area contributed by atoms with Crippen molar-refractivity contribution in [3.8, 4) is 0 Å². The SMILES string of the molecule is CC(C)C(NC(=O)c1ccc(C(C)(C)C)cc1)C(=O)OCC(=O)NC1CCCC(C)C1C. The highest BCUT2D eigenvalue weighted by molar-refractivity contribution is 5.97. The van der Waals surface area contributed by atoms with E-state index in [9.17, 15) is 14.4 Å². The molecule has 2 amide bonds. The molecule has 0 radical (unpaired) electrons. The second-order valence-electron chi connectivity index (χ2n) is 10.6. The molecule has 1 aromatic rings. The average molecular weight is 445 g/mol. The van der Waals surface area contributed by atoms with Crippen molar-refractivity contribution in [1.82, 2.24) is 10.6 Å². The molecule has 0 aromatic heterocycles. The van der Waals surface area contributed by atoms with Crippen LogP contribution in [-0.4, -0.2) is 36.5 Å². The van der Waals surface area contributed by atoms with Gasteiger partial charge in [-0.15, -0.1) is 0 Å². The summed E-state index contributed by atoms with van der Waals surface area (Å²) in [6, 6.07) is 6.66. The zero-order valence-electron chi connectivity index (χ0n) is 20.7. The summed E-state index contributed by atoms with van der Waals surface area (Å²) >= 11 is 0. The standard InChI is InChI=1S/C26H40N2O4/c1-16(2)23(28-24(30)19-11-13-20(14-12-19)26(5,6)7)25(31)32-15-22(29)27-21-10-8-9-17(3)18(21)4/h11-14,16-18,21,23H,8-10,15H2,1-7H3,(H,27,29)(H,28,30). The van der Waals surface area contributed by atoms with E-state index in [1.165, 1.54) is 6.42 Å². The molecule has 0 saturated heterocycles. The van der Waals surface area contributed by atoms with Crippen molar-refractivity contribution < 1.29 is 19.1 Å². The molecule has 2 rings (SSSR count). The lowest BCUT2D eigenvalue weighted by atomic mass is 9.78. The molecule has 0 aliphatic heterocycles. The highest BCUT2D eigenvalue weighted by Crippen LogP contribution is 2.29. The van der Waals surface area contributed by atoms with Crippen molar-refractivity contribution in [2.45, 2.75) is 85.2 Å². The lowest BCUT2D eigenvalue weighted by molar-refractivity contribution is -0.151. The summed E-state index contributed by atoms with van der Waals surface area (Å²) in [5.41, 5.74) is 1.60. The number of amides is 2. The third-order valence-electron chi connectivity index (χ3n) is 6.62. The largest absolute Gasteiger partial charge is 0.454 e. The van der Waals surface area contributed by atoms with E-state index in [0.29, 0.717) is 17.4 Å². The van der Waals surface area contributed by atoms with Gasteiger partial charge in [-0.3, -0.25) is 9.59 Å². The summed E-state index contributed by atoms with van der Waals surface area (Å²) in [7, 11) is 0. The molecule has 1 aliphatic rings. The predicted octanol–water partition coefficient (Wildman–Crippen LogP) is 4.22. The van der Waals surface area contributed by atoms with Gasteiger partial charge in [0, 0.05) is 11.6 Å². The monoisotopic (exact) mass is 444 g/mol. The summed E-state index contributed by atoms with van der Waals surface area (Å²) < 4.78 is 5.27. The molecule has 4 unspecified atom stereocenters. The maximum atomic E-state index is 12.7. The Balaban J connectivity index is 1.91. The number of esters is 1. The Hall–Kier alpha value is -2.37. The van der Waals surface area contributed by atoms with Gasteiger partial charge >= 0.3 is 5.97 Å². The summed E-state index contributed by atoms with van der Waals surface area (Å²) in [6.07, 6.45) is 3.22. The van der Waals surface area contributed by atoms with E-state index in [-0.39, 0.29) is 35.8 Å². The van der Waals surface area contributed by atoms with Crippen molar-refractivity contribution >= 4 is 17.8 Å². The van der Waals surface area contributed by atoms with E-state index >= 15 is 0 Å². The van der Waals surface area contributed by atoms with Crippen LogP contribution in [0.15, 0.2) is 24.3 Å². The average Bonchev–Trinajstić information content (AvgIpc) is 2.72. The Bertz CT molecular complexity index is 795. The van der Waals surface area contributed by atoms with Gasteiger partial charge in [0.05, 0.1) is 0 Å². The number of benzene rings is 1. The lowest BCUT2D eigenvalue weighted by Crippen LogP contribution is -2.48. The molecular weight excluding hydrogens is 404 g/mol. The van der Waals surface area contributed by atoms with Gasteiger partial charge in [0.15, 0.2) is 6.61 Å². The number of carbonyl (C=O) groups excluding carboxylic acids is 3. The molecule has 6 heteroatoms. The van der Waals surface area contributed by atoms with E-state index < -0.39 is 12.0 Å². The second-order valence-corrected chi connectivity index (χ2v) is 10.6. The van der Waals surface area contributed by atoms with E-state index in [2.05, 4.69) is 45.3 Å². The van der Waals surface area contributed by atoms with Gasteiger partial charge < -0.3 is 15.4 Å². The predicted molar refractivity (Wildman–Crippen MR) is 126 cm³/mol. The first-order valence-corrected chi connectivity index (χ1v) is 11.8. The molecule has 0 spiro atoms. The number of carbonyl (C=O) groups is 3. The van der Waals surface area contributed by atoms with Crippen LogP contribution in [0.4, 0.5) is 0 Å². The van der Waals surface area contributed by atoms with Gasteiger partial charge in [0.2, 0.25) is 0 Å². The fourth-order valence-electron chi connectivity index (χ4n) is 4.10. The first-order valence-electron chi connectivity index (χ1n) is 11.8. The summed E-state index contributed by atoms with van der Waals surface area (Å²) in [5, 5.41) is 5.77. The fourth-order valence-corrected chi connectivity index (χ4v) is 4.10. The van der Waals surface area contributed by atoms with Gasteiger partial charge in [-0.1, -0.05) is 73.4 Å². The van der Waals surface area contributed by atoms with Crippen LogP contribution in [0.2, 0.25) is 0 Å². The summed E-state index contributed by atoms with van der Waals surface area (Å²) in [5.74, 6) is -0.445. The van der Waals surface area contributed by atoms with Gasteiger partial charge in [-0.05, 0) is 47.3 Å². The Kier molecular flexibility index (Phi) is 8.88. The smallest absolute Gasteiger partial charge is 0.329 e. The normalized spacial score (nSPS) is 22.2. The second kappa shape index (κ2) is 11.0. The fraction of sp³-hybridized carbons (Fsp3) is 0.654. The van der Waals surface area contributed by atoms with Gasteiger partial charge in [0.25, 0.3) is 11.8 Å². The van der Waals surface area contributed by atoms with E-state index in [1.54, 1.807) is 12.1 Å². The van der Waals surface area contributed by atoms with Crippen molar-refractivity contribution in [2.24, 2.45) is 17.8 Å². The molecule has 1 fully saturated rings. The molecule has 1 saturated carbocycles. The van der Waals surface area contributed by atoms with Crippen LogP contribution in [-0.2, 0) is 19.7 Å². The van der Waals surface area contributed by atoms with Gasteiger partial charge in [0.1, 0.15) is 6.04 Å². The number of nitrogens with one attached hydrogen (secondary N) is 2. The molecule has 1 aromatic carbocycles. The molecule has 178 valence electrons. The van der Waals surface area contributed by atoms with Gasteiger partial charge in [-0.2, -0.15) is 0 Å². The van der Waals surface area contributed by atoms with Crippen molar-refractivity contribution in [3.63, 3.8) is 0 Å². The Morgan fingerprint density at radius 3 is 2.25 bits per heavy atom. The Morgan fingerprint density at radius 2 is 1.69 bits per heavy atom. The highest BCUT2D eigenvalue weighted by atomic mass is 16.5. The molecule has 32 heavy (non-hydrogen) atoms. The minimum atomic E-state index is -0.828. The minimum Gasteiger partial charge on any atom is -0.454 e.